The summed E-state index contributed by atoms with van der Waals surface area (Å²) in [4.78, 5) is 18.9. The Bertz CT molecular complexity index is 681. The molecule has 2 atom stereocenters. The minimum absolute atomic E-state index is 0. The molecule has 0 aliphatic carbocycles. The lowest BCUT2D eigenvalue weighted by Crippen LogP contribution is -2.41. The normalized spacial score (nSPS) is 22.3. The van der Waals surface area contributed by atoms with Crippen molar-refractivity contribution in [2.24, 2.45) is 10.9 Å². The van der Waals surface area contributed by atoms with Crippen LogP contribution in [0.25, 0.3) is 0 Å². The van der Waals surface area contributed by atoms with E-state index >= 15 is 0 Å². The van der Waals surface area contributed by atoms with Gasteiger partial charge < -0.3 is 20.9 Å². The molecule has 3 N–H and O–H groups in total. The average Bonchev–Trinajstić information content (AvgIpc) is 2.69. The Hall–Kier alpha value is -1.35. The number of anilines is 1. The molecule has 1 amide bonds. The number of hydrogen-bond acceptors (Lipinski definition) is 3. The van der Waals surface area contributed by atoms with Gasteiger partial charge in [-0.3, -0.25) is 9.79 Å². The molecule has 0 bridgehead atoms. The number of unbranched alkanes of at least 4 members (excludes halogenated alkanes) is 1. The molecule has 29 heavy (non-hydrogen) atoms. The zero-order valence-corrected chi connectivity index (χ0v) is 20.1. The minimum Gasteiger partial charge on any atom is -0.356 e. The van der Waals surface area contributed by atoms with Crippen LogP contribution in [0.2, 0.25) is 0 Å². The fourth-order valence-corrected chi connectivity index (χ4v) is 4.28. The van der Waals surface area contributed by atoms with Crippen LogP contribution in [-0.4, -0.2) is 56.5 Å². The molecule has 1 aromatic carbocycles. The zero-order valence-electron chi connectivity index (χ0n) is 17.7. The highest BCUT2D eigenvalue weighted by atomic mass is 127. The van der Waals surface area contributed by atoms with Gasteiger partial charge in [-0.05, 0) is 56.3 Å². The largest absolute Gasteiger partial charge is 0.356 e. The Balaban J connectivity index is 0.00000300. The highest BCUT2D eigenvalue weighted by molar-refractivity contribution is 14.0. The molecule has 7 heteroatoms. The molecule has 1 fully saturated rings. The van der Waals surface area contributed by atoms with Gasteiger partial charge in [-0.15, -0.1) is 24.0 Å². The van der Waals surface area contributed by atoms with E-state index < -0.39 is 0 Å². The molecule has 2 aliphatic heterocycles. The van der Waals surface area contributed by atoms with Crippen LogP contribution >= 0.6 is 24.0 Å². The Morgan fingerprint density at radius 3 is 2.90 bits per heavy atom. The number of rotatable bonds is 7. The van der Waals surface area contributed by atoms with E-state index in [1.165, 1.54) is 44.5 Å². The van der Waals surface area contributed by atoms with Gasteiger partial charge in [0.2, 0.25) is 5.91 Å². The second-order valence-electron chi connectivity index (χ2n) is 8.17. The van der Waals surface area contributed by atoms with E-state index in [9.17, 15) is 4.79 Å². The molecule has 162 valence electrons. The van der Waals surface area contributed by atoms with Crippen molar-refractivity contribution in [1.82, 2.24) is 15.5 Å². The van der Waals surface area contributed by atoms with E-state index in [1.54, 1.807) is 7.05 Å². The van der Waals surface area contributed by atoms with E-state index in [2.05, 4.69) is 38.8 Å². The van der Waals surface area contributed by atoms with Crippen molar-refractivity contribution < 1.29 is 4.79 Å². The maximum absolute atomic E-state index is 12.0. The lowest BCUT2D eigenvalue weighted by molar-refractivity contribution is -0.116. The van der Waals surface area contributed by atoms with E-state index in [1.807, 2.05) is 18.2 Å². The number of benzene rings is 1. The van der Waals surface area contributed by atoms with Crippen LogP contribution < -0.4 is 16.0 Å². The van der Waals surface area contributed by atoms with Gasteiger partial charge in [0.25, 0.3) is 0 Å². The van der Waals surface area contributed by atoms with Gasteiger partial charge in [0, 0.05) is 44.7 Å². The predicted molar refractivity (Wildman–Crippen MR) is 131 cm³/mol. The molecule has 1 aromatic rings. The van der Waals surface area contributed by atoms with Crippen LogP contribution in [0.15, 0.2) is 29.3 Å². The van der Waals surface area contributed by atoms with Crippen LogP contribution in [0.5, 0.6) is 0 Å². The third-order valence-corrected chi connectivity index (χ3v) is 5.78. The molecular formula is C22H36IN5O. The van der Waals surface area contributed by atoms with E-state index in [4.69, 9.17) is 0 Å². The number of piperidine rings is 1. The summed E-state index contributed by atoms with van der Waals surface area (Å²) in [6.45, 7) is 7.70. The zero-order chi connectivity index (χ0) is 19.8. The average molecular weight is 513 g/mol. The number of nitrogens with one attached hydrogen (secondary N) is 3. The van der Waals surface area contributed by atoms with Gasteiger partial charge in [-0.2, -0.15) is 0 Å². The fraction of sp³-hybridized carbons (Fsp3) is 0.636. The number of aliphatic imine (C=N–C) groups is 1. The molecule has 3 rings (SSSR count). The summed E-state index contributed by atoms with van der Waals surface area (Å²) >= 11 is 0. The second-order valence-corrected chi connectivity index (χ2v) is 8.17. The van der Waals surface area contributed by atoms with Crippen molar-refractivity contribution in [1.29, 1.82) is 0 Å². The monoisotopic (exact) mass is 513 g/mol. The third kappa shape index (κ3) is 7.44. The molecular weight excluding hydrogens is 477 g/mol. The number of hydrogen-bond donors (Lipinski definition) is 3. The van der Waals surface area contributed by atoms with Crippen LogP contribution in [0.1, 0.15) is 50.5 Å². The number of carbonyl (C=O) groups excluding carboxylic acids is 1. The molecule has 6 nitrogen and oxygen atoms in total. The van der Waals surface area contributed by atoms with Crippen molar-refractivity contribution in [2.45, 2.75) is 44.9 Å². The number of guanidine groups is 1. The Labute approximate surface area is 192 Å². The maximum Gasteiger partial charge on any atom is 0.225 e. The van der Waals surface area contributed by atoms with Crippen molar-refractivity contribution >= 4 is 41.5 Å². The van der Waals surface area contributed by atoms with E-state index in [-0.39, 0.29) is 35.8 Å². The summed E-state index contributed by atoms with van der Waals surface area (Å²) in [5, 5.41) is 9.76. The Kier molecular flexibility index (Phi) is 10.2. The van der Waals surface area contributed by atoms with Crippen LogP contribution in [-0.2, 0) is 4.79 Å². The van der Waals surface area contributed by atoms with Crippen molar-refractivity contribution in [3.8, 4) is 0 Å². The first-order chi connectivity index (χ1) is 13.7. The van der Waals surface area contributed by atoms with Gasteiger partial charge in [0.1, 0.15) is 0 Å². The first-order valence-electron chi connectivity index (χ1n) is 10.7. The topological polar surface area (TPSA) is 68.8 Å². The third-order valence-electron chi connectivity index (χ3n) is 5.78. The summed E-state index contributed by atoms with van der Waals surface area (Å²) in [5.74, 6) is 1.92. The molecule has 2 unspecified atom stereocenters. The quantitative estimate of drug-likeness (QED) is 0.226. The number of likely N-dealkylation sites (tertiary alicyclic amines) is 1. The number of fused-ring (bicyclic) bond motifs is 1. The fourth-order valence-electron chi connectivity index (χ4n) is 4.28. The van der Waals surface area contributed by atoms with Crippen molar-refractivity contribution in [3.05, 3.63) is 29.8 Å². The summed E-state index contributed by atoms with van der Waals surface area (Å²) in [7, 11) is 1.80. The molecule has 0 radical (unpaired) electrons. The number of amides is 1. The van der Waals surface area contributed by atoms with Crippen LogP contribution in [0.3, 0.4) is 0 Å². The first kappa shape index (κ1) is 23.9. The number of halogens is 1. The number of carbonyl (C=O) groups is 1. The van der Waals surface area contributed by atoms with Crippen molar-refractivity contribution in [3.63, 3.8) is 0 Å². The lowest BCUT2D eigenvalue weighted by Gasteiger charge is -2.30. The minimum atomic E-state index is 0. The standard InChI is InChI=1S/C22H35N5O.HI/c1-17-8-7-13-27(16-17)12-6-5-11-24-22(23-2)25-15-18-14-21(28)26-20-10-4-3-9-19(18)20;/h3-4,9-10,17-18H,5-8,11-16H2,1-2H3,(H,26,28)(H2,23,24,25);1H. The molecule has 0 saturated carbocycles. The van der Waals surface area contributed by atoms with Gasteiger partial charge >= 0.3 is 0 Å². The van der Waals surface area contributed by atoms with Crippen LogP contribution in [0, 0.1) is 5.92 Å². The highest BCUT2D eigenvalue weighted by Gasteiger charge is 2.24. The SMILES string of the molecule is CN=C(NCCCCN1CCCC(C)C1)NCC1CC(=O)Nc2ccccc21.I. The summed E-state index contributed by atoms with van der Waals surface area (Å²) in [5.41, 5.74) is 2.13. The molecule has 2 aliphatic rings. The first-order valence-corrected chi connectivity index (χ1v) is 10.7. The summed E-state index contributed by atoms with van der Waals surface area (Å²) in [6, 6.07) is 8.05. The maximum atomic E-state index is 12.0. The molecule has 0 spiro atoms. The molecule has 1 saturated heterocycles. The predicted octanol–water partition coefficient (Wildman–Crippen LogP) is 3.41. The highest BCUT2D eigenvalue weighted by Crippen LogP contribution is 2.31. The summed E-state index contributed by atoms with van der Waals surface area (Å²) in [6.07, 6.45) is 5.59. The van der Waals surface area contributed by atoms with Crippen LogP contribution in [0.4, 0.5) is 5.69 Å². The number of para-hydroxylation sites is 1. The lowest BCUT2D eigenvalue weighted by atomic mass is 9.90. The van der Waals surface area contributed by atoms with E-state index in [0.29, 0.717) is 13.0 Å². The smallest absolute Gasteiger partial charge is 0.225 e. The Morgan fingerprint density at radius 2 is 2.10 bits per heavy atom. The molecule has 2 heterocycles. The number of nitrogens with zero attached hydrogens (tertiary/aromatic N) is 2. The van der Waals surface area contributed by atoms with E-state index in [0.717, 1.165) is 30.5 Å². The summed E-state index contributed by atoms with van der Waals surface area (Å²) < 4.78 is 0. The molecule has 0 aromatic heterocycles. The Morgan fingerprint density at radius 1 is 1.28 bits per heavy atom. The second kappa shape index (κ2) is 12.4. The van der Waals surface area contributed by atoms with Crippen molar-refractivity contribution in [2.75, 3.05) is 45.1 Å². The van der Waals surface area contributed by atoms with Gasteiger partial charge in [-0.25, -0.2) is 0 Å². The van der Waals surface area contributed by atoms with Gasteiger partial charge in [0.05, 0.1) is 0 Å². The van der Waals surface area contributed by atoms with Gasteiger partial charge in [-0.1, -0.05) is 25.1 Å². The van der Waals surface area contributed by atoms with Gasteiger partial charge in [0.15, 0.2) is 5.96 Å².